The van der Waals surface area contributed by atoms with E-state index in [1.807, 2.05) is 0 Å². The standard InChI is InChI=1S/C11H16N2O3/c1-8-7-10(16-12-8)11(15)13(5-6-14)9-3-2-4-9/h7,9,14H,2-6H2,1H3. The zero-order chi connectivity index (χ0) is 11.5. The van der Waals surface area contributed by atoms with Gasteiger partial charge in [-0.15, -0.1) is 0 Å². The minimum absolute atomic E-state index is 0.0185. The first kappa shape index (κ1) is 11.1. The Labute approximate surface area is 94.0 Å². The predicted octanol–water partition coefficient (Wildman–Crippen LogP) is 0.970. The number of hydrogen-bond acceptors (Lipinski definition) is 4. The molecule has 5 heteroatoms. The van der Waals surface area contributed by atoms with Crippen LogP contribution in [0.1, 0.15) is 35.5 Å². The second-order valence-electron chi connectivity index (χ2n) is 4.14. The summed E-state index contributed by atoms with van der Waals surface area (Å²) in [7, 11) is 0. The lowest BCUT2D eigenvalue weighted by molar-refractivity contribution is 0.0486. The van der Waals surface area contributed by atoms with Crippen LogP contribution < -0.4 is 0 Å². The van der Waals surface area contributed by atoms with E-state index < -0.39 is 0 Å². The highest BCUT2D eigenvalue weighted by Crippen LogP contribution is 2.26. The minimum atomic E-state index is -0.167. The summed E-state index contributed by atoms with van der Waals surface area (Å²) in [5.41, 5.74) is 0.695. The van der Waals surface area contributed by atoms with Crippen molar-refractivity contribution in [1.29, 1.82) is 0 Å². The highest BCUT2D eigenvalue weighted by atomic mass is 16.5. The topological polar surface area (TPSA) is 66.6 Å². The molecule has 1 aliphatic rings. The van der Waals surface area contributed by atoms with Crippen LogP contribution in [0.2, 0.25) is 0 Å². The third-order valence-electron chi connectivity index (χ3n) is 2.96. The summed E-state index contributed by atoms with van der Waals surface area (Å²) >= 11 is 0. The first-order chi connectivity index (χ1) is 7.72. The van der Waals surface area contributed by atoms with Gasteiger partial charge in [0.1, 0.15) is 0 Å². The quantitative estimate of drug-likeness (QED) is 0.827. The van der Waals surface area contributed by atoms with Crippen molar-refractivity contribution in [3.63, 3.8) is 0 Å². The molecule has 1 saturated carbocycles. The average Bonchev–Trinajstić information content (AvgIpc) is 2.60. The molecule has 0 atom stereocenters. The minimum Gasteiger partial charge on any atom is -0.395 e. The number of aromatic nitrogens is 1. The van der Waals surface area contributed by atoms with Gasteiger partial charge < -0.3 is 14.5 Å². The fraction of sp³-hybridized carbons (Fsp3) is 0.636. The van der Waals surface area contributed by atoms with Gasteiger partial charge in [0.05, 0.1) is 12.3 Å². The van der Waals surface area contributed by atoms with Gasteiger partial charge in [-0.1, -0.05) is 5.16 Å². The summed E-state index contributed by atoms with van der Waals surface area (Å²) in [6.45, 7) is 2.12. The summed E-state index contributed by atoms with van der Waals surface area (Å²) in [6.07, 6.45) is 3.17. The Morgan fingerprint density at radius 3 is 2.88 bits per heavy atom. The van der Waals surface area contributed by atoms with Crippen LogP contribution in [0.5, 0.6) is 0 Å². The molecule has 1 aromatic heterocycles. The Kier molecular flexibility index (Phi) is 3.24. The zero-order valence-corrected chi connectivity index (χ0v) is 9.35. The predicted molar refractivity (Wildman–Crippen MR) is 57.0 cm³/mol. The molecule has 0 saturated heterocycles. The number of rotatable bonds is 4. The molecule has 0 aliphatic heterocycles. The van der Waals surface area contributed by atoms with Crippen molar-refractivity contribution in [2.45, 2.75) is 32.2 Å². The monoisotopic (exact) mass is 224 g/mol. The van der Waals surface area contributed by atoms with E-state index in [1.165, 1.54) is 0 Å². The average molecular weight is 224 g/mol. The van der Waals surface area contributed by atoms with Gasteiger partial charge >= 0.3 is 0 Å². The molecule has 5 nitrogen and oxygen atoms in total. The van der Waals surface area contributed by atoms with E-state index in [4.69, 9.17) is 9.63 Å². The second kappa shape index (κ2) is 4.65. The SMILES string of the molecule is Cc1cc(C(=O)N(CCO)C2CCC2)on1. The van der Waals surface area contributed by atoms with E-state index in [-0.39, 0.29) is 24.3 Å². The third-order valence-corrected chi connectivity index (χ3v) is 2.96. The van der Waals surface area contributed by atoms with Gasteiger partial charge in [0.2, 0.25) is 5.76 Å². The molecular weight excluding hydrogens is 208 g/mol. The van der Waals surface area contributed by atoms with Crippen molar-refractivity contribution in [1.82, 2.24) is 10.1 Å². The van der Waals surface area contributed by atoms with Gasteiger partial charge in [-0.25, -0.2) is 0 Å². The van der Waals surface area contributed by atoms with E-state index in [0.29, 0.717) is 12.2 Å². The highest BCUT2D eigenvalue weighted by Gasteiger charge is 2.30. The fourth-order valence-corrected chi connectivity index (χ4v) is 1.86. The number of aliphatic hydroxyl groups excluding tert-OH is 1. The molecule has 0 spiro atoms. The van der Waals surface area contributed by atoms with Gasteiger partial charge in [-0.05, 0) is 26.2 Å². The van der Waals surface area contributed by atoms with Crippen LogP contribution in [0.25, 0.3) is 0 Å². The first-order valence-corrected chi connectivity index (χ1v) is 5.57. The molecule has 1 aliphatic carbocycles. The van der Waals surface area contributed by atoms with E-state index in [1.54, 1.807) is 17.9 Å². The van der Waals surface area contributed by atoms with Crippen LogP contribution in [0.4, 0.5) is 0 Å². The molecular formula is C11H16N2O3. The van der Waals surface area contributed by atoms with Crippen molar-refractivity contribution >= 4 is 5.91 Å². The van der Waals surface area contributed by atoms with Crippen molar-refractivity contribution in [2.75, 3.05) is 13.2 Å². The van der Waals surface area contributed by atoms with E-state index in [0.717, 1.165) is 19.3 Å². The molecule has 16 heavy (non-hydrogen) atoms. The Morgan fingerprint density at radius 1 is 1.69 bits per heavy atom. The third kappa shape index (κ3) is 2.09. The number of hydrogen-bond donors (Lipinski definition) is 1. The van der Waals surface area contributed by atoms with Crippen LogP contribution in [0, 0.1) is 6.92 Å². The number of amides is 1. The Hall–Kier alpha value is -1.36. The largest absolute Gasteiger partial charge is 0.395 e. The molecule has 1 aromatic rings. The van der Waals surface area contributed by atoms with Crippen LogP contribution >= 0.6 is 0 Å². The first-order valence-electron chi connectivity index (χ1n) is 5.57. The van der Waals surface area contributed by atoms with Gasteiger partial charge in [-0.3, -0.25) is 4.79 Å². The highest BCUT2D eigenvalue weighted by molar-refractivity contribution is 5.91. The fourth-order valence-electron chi connectivity index (χ4n) is 1.86. The maximum atomic E-state index is 12.1. The zero-order valence-electron chi connectivity index (χ0n) is 9.35. The smallest absolute Gasteiger partial charge is 0.292 e. The van der Waals surface area contributed by atoms with E-state index in [2.05, 4.69) is 5.16 Å². The molecule has 1 fully saturated rings. The molecule has 88 valence electrons. The molecule has 0 bridgehead atoms. The lowest BCUT2D eigenvalue weighted by Crippen LogP contribution is -2.45. The van der Waals surface area contributed by atoms with Crippen molar-refractivity contribution < 1.29 is 14.4 Å². The summed E-state index contributed by atoms with van der Waals surface area (Å²) < 4.78 is 4.95. The normalized spacial score (nSPS) is 15.9. The molecule has 1 N–H and O–H groups in total. The second-order valence-corrected chi connectivity index (χ2v) is 4.14. The maximum Gasteiger partial charge on any atom is 0.292 e. The summed E-state index contributed by atoms with van der Waals surface area (Å²) in [5, 5.41) is 12.7. The Morgan fingerprint density at radius 2 is 2.44 bits per heavy atom. The van der Waals surface area contributed by atoms with Gasteiger partial charge in [0, 0.05) is 18.7 Å². The van der Waals surface area contributed by atoms with Crippen LogP contribution in [-0.2, 0) is 0 Å². The lowest BCUT2D eigenvalue weighted by atomic mass is 9.91. The summed E-state index contributed by atoms with van der Waals surface area (Å²) in [4.78, 5) is 13.7. The number of carbonyl (C=O) groups is 1. The molecule has 1 amide bonds. The number of aryl methyl sites for hydroxylation is 1. The van der Waals surface area contributed by atoms with E-state index in [9.17, 15) is 4.79 Å². The summed E-state index contributed by atoms with van der Waals surface area (Å²) in [5.74, 6) is 0.0946. The van der Waals surface area contributed by atoms with Crippen molar-refractivity contribution in [3.8, 4) is 0 Å². The van der Waals surface area contributed by atoms with Crippen molar-refractivity contribution in [3.05, 3.63) is 17.5 Å². The van der Waals surface area contributed by atoms with Gasteiger partial charge in [0.15, 0.2) is 0 Å². The van der Waals surface area contributed by atoms with E-state index >= 15 is 0 Å². The van der Waals surface area contributed by atoms with Crippen LogP contribution in [-0.4, -0.2) is 40.3 Å². The Balaban J connectivity index is 2.09. The maximum absolute atomic E-state index is 12.1. The molecule has 0 unspecified atom stereocenters. The number of nitrogens with zero attached hydrogens (tertiary/aromatic N) is 2. The lowest BCUT2D eigenvalue weighted by Gasteiger charge is -2.36. The molecule has 0 radical (unpaired) electrons. The van der Waals surface area contributed by atoms with Gasteiger partial charge in [0.25, 0.3) is 5.91 Å². The summed E-state index contributed by atoms with van der Waals surface area (Å²) in [6, 6.07) is 1.89. The molecule has 2 rings (SSSR count). The van der Waals surface area contributed by atoms with Gasteiger partial charge in [-0.2, -0.15) is 0 Å². The number of aliphatic hydroxyl groups is 1. The van der Waals surface area contributed by atoms with Crippen LogP contribution in [0.3, 0.4) is 0 Å². The number of carbonyl (C=O) groups excluding carboxylic acids is 1. The van der Waals surface area contributed by atoms with Crippen LogP contribution in [0.15, 0.2) is 10.6 Å². The van der Waals surface area contributed by atoms with Crippen molar-refractivity contribution in [2.24, 2.45) is 0 Å². The molecule has 1 heterocycles. The molecule has 0 aromatic carbocycles. The Bertz CT molecular complexity index is 371.